The molecule has 0 aromatic carbocycles. The SMILES string of the molecule is O=C1NCc2c1ccnc2O. The Balaban J connectivity index is 2.66. The molecular formula is C7H6N2O2. The van der Waals surface area contributed by atoms with Gasteiger partial charge >= 0.3 is 0 Å². The van der Waals surface area contributed by atoms with E-state index in [4.69, 9.17) is 5.11 Å². The third kappa shape index (κ3) is 0.756. The lowest BCUT2D eigenvalue weighted by molar-refractivity contribution is 0.0965. The molecule has 2 N–H and O–H groups in total. The predicted octanol–water partition coefficient (Wildman–Crippen LogP) is 0.0306. The monoisotopic (exact) mass is 150 g/mol. The summed E-state index contributed by atoms with van der Waals surface area (Å²) in [5, 5.41) is 11.7. The summed E-state index contributed by atoms with van der Waals surface area (Å²) < 4.78 is 0. The van der Waals surface area contributed by atoms with Crippen molar-refractivity contribution in [1.29, 1.82) is 0 Å². The van der Waals surface area contributed by atoms with Crippen LogP contribution in [-0.2, 0) is 6.54 Å². The van der Waals surface area contributed by atoms with Crippen molar-refractivity contribution >= 4 is 5.91 Å². The summed E-state index contributed by atoms with van der Waals surface area (Å²) in [5.74, 6) is -0.196. The number of hydrogen-bond acceptors (Lipinski definition) is 3. The van der Waals surface area contributed by atoms with Gasteiger partial charge in [-0.2, -0.15) is 0 Å². The second kappa shape index (κ2) is 1.95. The molecular weight excluding hydrogens is 144 g/mol. The Morgan fingerprint density at radius 2 is 2.45 bits per heavy atom. The molecule has 0 saturated carbocycles. The molecule has 2 rings (SSSR count). The van der Waals surface area contributed by atoms with Gasteiger partial charge in [0.05, 0.1) is 5.56 Å². The van der Waals surface area contributed by atoms with Gasteiger partial charge in [-0.25, -0.2) is 4.98 Å². The number of carbonyl (C=O) groups excluding carboxylic acids is 1. The molecule has 0 radical (unpaired) electrons. The molecule has 0 bridgehead atoms. The van der Waals surface area contributed by atoms with Crippen LogP contribution in [0, 0.1) is 0 Å². The minimum absolute atomic E-state index is 0.0548. The number of nitrogens with zero attached hydrogens (tertiary/aromatic N) is 1. The Bertz CT molecular complexity index is 322. The number of fused-ring (bicyclic) bond motifs is 1. The normalized spacial score (nSPS) is 14.4. The molecule has 0 unspecified atom stereocenters. The fourth-order valence-corrected chi connectivity index (χ4v) is 1.13. The quantitative estimate of drug-likeness (QED) is 0.548. The highest BCUT2D eigenvalue weighted by atomic mass is 16.3. The van der Waals surface area contributed by atoms with Gasteiger partial charge in [0.2, 0.25) is 5.88 Å². The largest absolute Gasteiger partial charge is 0.493 e. The number of aromatic nitrogens is 1. The van der Waals surface area contributed by atoms with Crippen molar-refractivity contribution in [1.82, 2.24) is 10.3 Å². The van der Waals surface area contributed by atoms with Crippen molar-refractivity contribution in [3.05, 3.63) is 23.4 Å². The number of pyridine rings is 1. The van der Waals surface area contributed by atoms with Crippen molar-refractivity contribution in [2.75, 3.05) is 0 Å². The smallest absolute Gasteiger partial charge is 0.252 e. The van der Waals surface area contributed by atoms with E-state index in [2.05, 4.69) is 10.3 Å². The molecule has 56 valence electrons. The van der Waals surface area contributed by atoms with Gasteiger partial charge in [0.15, 0.2) is 0 Å². The Morgan fingerprint density at radius 3 is 3.18 bits per heavy atom. The maximum Gasteiger partial charge on any atom is 0.252 e. The Hall–Kier alpha value is -1.58. The lowest BCUT2D eigenvalue weighted by Gasteiger charge is -1.95. The second-order valence-corrected chi connectivity index (χ2v) is 2.34. The first-order valence-electron chi connectivity index (χ1n) is 3.24. The third-order valence-electron chi connectivity index (χ3n) is 1.70. The molecule has 1 aromatic heterocycles. The molecule has 0 atom stereocenters. The van der Waals surface area contributed by atoms with E-state index in [9.17, 15) is 4.79 Å². The first kappa shape index (κ1) is 6.15. The van der Waals surface area contributed by atoms with Crippen molar-refractivity contribution in [3.8, 4) is 5.88 Å². The number of nitrogens with one attached hydrogen (secondary N) is 1. The summed E-state index contributed by atoms with van der Waals surface area (Å²) in [6.07, 6.45) is 1.42. The maximum absolute atomic E-state index is 11.0. The Morgan fingerprint density at radius 1 is 1.64 bits per heavy atom. The van der Waals surface area contributed by atoms with Gasteiger partial charge in [-0.05, 0) is 6.07 Å². The fraction of sp³-hybridized carbons (Fsp3) is 0.143. The van der Waals surface area contributed by atoms with Crippen LogP contribution in [0.2, 0.25) is 0 Å². The number of aromatic hydroxyl groups is 1. The average molecular weight is 150 g/mol. The van der Waals surface area contributed by atoms with Crippen LogP contribution in [0.5, 0.6) is 5.88 Å². The average Bonchev–Trinajstić information content (AvgIpc) is 2.35. The molecule has 11 heavy (non-hydrogen) atoms. The highest BCUT2D eigenvalue weighted by Crippen LogP contribution is 2.21. The lowest BCUT2D eigenvalue weighted by atomic mass is 10.2. The van der Waals surface area contributed by atoms with E-state index in [-0.39, 0.29) is 11.8 Å². The Labute approximate surface area is 62.9 Å². The van der Waals surface area contributed by atoms with Gasteiger partial charge in [0, 0.05) is 18.3 Å². The minimum Gasteiger partial charge on any atom is -0.493 e. The summed E-state index contributed by atoms with van der Waals surface area (Å²) >= 11 is 0. The van der Waals surface area contributed by atoms with E-state index in [1.54, 1.807) is 6.07 Å². The molecule has 0 aliphatic carbocycles. The maximum atomic E-state index is 11.0. The van der Waals surface area contributed by atoms with Crippen molar-refractivity contribution in [2.24, 2.45) is 0 Å². The van der Waals surface area contributed by atoms with Crippen molar-refractivity contribution in [2.45, 2.75) is 6.54 Å². The van der Waals surface area contributed by atoms with Gasteiger partial charge in [-0.1, -0.05) is 0 Å². The van der Waals surface area contributed by atoms with Crippen LogP contribution in [0.25, 0.3) is 0 Å². The van der Waals surface area contributed by atoms with Crippen molar-refractivity contribution in [3.63, 3.8) is 0 Å². The van der Waals surface area contributed by atoms with Crippen LogP contribution in [0.1, 0.15) is 15.9 Å². The first-order chi connectivity index (χ1) is 5.29. The van der Waals surface area contributed by atoms with Crippen molar-refractivity contribution < 1.29 is 9.90 Å². The summed E-state index contributed by atoms with van der Waals surface area (Å²) in [6.45, 7) is 0.383. The van der Waals surface area contributed by atoms with E-state index in [0.717, 1.165) is 0 Å². The molecule has 0 saturated heterocycles. The number of hydrogen-bond donors (Lipinski definition) is 2. The first-order valence-corrected chi connectivity index (χ1v) is 3.24. The number of amides is 1. The number of rotatable bonds is 0. The third-order valence-corrected chi connectivity index (χ3v) is 1.70. The summed E-state index contributed by atoms with van der Waals surface area (Å²) in [7, 11) is 0. The molecule has 0 fully saturated rings. The minimum atomic E-state index is -0.141. The zero-order valence-electron chi connectivity index (χ0n) is 5.66. The molecule has 1 aliphatic heterocycles. The molecule has 1 amide bonds. The highest BCUT2D eigenvalue weighted by Gasteiger charge is 2.21. The molecule has 1 aliphatic rings. The lowest BCUT2D eigenvalue weighted by Crippen LogP contribution is -2.12. The van der Waals surface area contributed by atoms with Crippen LogP contribution >= 0.6 is 0 Å². The van der Waals surface area contributed by atoms with E-state index in [0.29, 0.717) is 17.7 Å². The number of carbonyl (C=O) groups is 1. The molecule has 4 nitrogen and oxygen atoms in total. The van der Waals surface area contributed by atoms with Gasteiger partial charge < -0.3 is 10.4 Å². The molecule has 4 heteroatoms. The topological polar surface area (TPSA) is 62.2 Å². The van der Waals surface area contributed by atoms with Crippen LogP contribution in [0.3, 0.4) is 0 Å². The van der Waals surface area contributed by atoms with Gasteiger partial charge in [-0.3, -0.25) is 4.79 Å². The highest BCUT2D eigenvalue weighted by molar-refractivity contribution is 5.98. The second-order valence-electron chi connectivity index (χ2n) is 2.34. The predicted molar refractivity (Wildman–Crippen MR) is 37.1 cm³/mol. The Kier molecular flexibility index (Phi) is 1.09. The summed E-state index contributed by atoms with van der Waals surface area (Å²) in [4.78, 5) is 14.6. The summed E-state index contributed by atoms with van der Waals surface area (Å²) in [6, 6.07) is 1.59. The van der Waals surface area contributed by atoms with Crippen LogP contribution < -0.4 is 5.32 Å². The van der Waals surface area contributed by atoms with Gasteiger partial charge in [0.25, 0.3) is 5.91 Å². The zero-order valence-corrected chi connectivity index (χ0v) is 5.66. The molecule has 0 spiro atoms. The molecule has 2 heterocycles. The fourth-order valence-electron chi connectivity index (χ4n) is 1.13. The summed E-state index contributed by atoms with van der Waals surface area (Å²) in [5.41, 5.74) is 1.12. The molecule has 1 aromatic rings. The zero-order chi connectivity index (χ0) is 7.84. The van der Waals surface area contributed by atoms with Gasteiger partial charge in [0.1, 0.15) is 0 Å². The van der Waals surface area contributed by atoms with E-state index in [1.165, 1.54) is 6.20 Å². The van der Waals surface area contributed by atoms with Crippen LogP contribution in [-0.4, -0.2) is 16.0 Å². The van der Waals surface area contributed by atoms with E-state index in [1.807, 2.05) is 0 Å². The van der Waals surface area contributed by atoms with Gasteiger partial charge in [-0.15, -0.1) is 0 Å². The van der Waals surface area contributed by atoms with E-state index >= 15 is 0 Å². The standard InChI is InChI=1S/C7H6N2O2/c10-6-4-1-2-8-7(11)5(4)3-9-6/h1-2H,3H2,(H,8,11)(H,9,10). The van der Waals surface area contributed by atoms with Crippen LogP contribution in [0.4, 0.5) is 0 Å². The van der Waals surface area contributed by atoms with Crippen LogP contribution in [0.15, 0.2) is 12.3 Å². The van der Waals surface area contributed by atoms with E-state index < -0.39 is 0 Å².